The summed E-state index contributed by atoms with van der Waals surface area (Å²) in [6.07, 6.45) is 2.20. The number of carboxylic acid groups (broad SMARTS) is 1. The Hall–Kier alpha value is -0.840. The molecule has 0 aliphatic heterocycles. The number of halogens is 1. The first-order valence-corrected chi connectivity index (χ1v) is 4.36. The first-order valence-electron chi connectivity index (χ1n) is 3.45. The van der Waals surface area contributed by atoms with Crippen molar-refractivity contribution in [3.8, 4) is 0 Å². The monoisotopic (exact) mass is 232 g/mol. The summed E-state index contributed by atoms with van der Waals surface area (Å²) >= 11 is 3.04. The van der Waals surface area contributed by atoms with Gasteiger partial charge in [0.25, 0.3) is 0 Å². The van der Waals surface area contributed by atoms with Gasteiger partial charge in [0.15, 0.2) is 0 Å². The lowest BCUT2D eigenvalue weighted by Crippen LogP contribution is -2.15. The van der Waals surface area contributed by atoms with Crippen molar-refractivity contribution in [3.05, 3.63) is 18.0 Å². The van der Waals surface area contributed by atoms with Gasteiger partial charge in [0.05, 0.1) is 5.69 Å². The highest BCUT2D eigenvalue weighted by Gasteiger charge is 2.14. The number of carboxylic acids is 1. The standard InChI is InChI=1S/C7H9BrN2O2/c1-10-3-2-5(9-10)4-6(8)7(11)12/h2-3,6H,4H2,1H3,(H,11,12)/t6-/m1/s1. The zero-order chi connectivity index (χ0) is 9.14. The van der Waals surface area contributed by atoms with Gasteiger partial charge >= 0.3 is 5.97 Å². The summed E-state index contributed by atoms with van der Waals surface area (Å²) in [6.45, 7) is 0. The minimum atomic E-state index is -0.861. The number of hydrogen-bond acceptors (Lipinski definition) is 2. The summed E-state index contributed by atoms with van der Waals surface area (Å²) in [7, 11) is 1.80. The Morgan fingerprint density at radius 3 is 3.00 bits per heavy atom. The molecule has 0 aliphatic carbocycles. The average Bonchev–Trinajstić information content (AvgIpc) is 2.35. The summed E-state index contributed by atoms with van der Waals surface area (Å²) in [4.78, 5) is 9.88. The predicted octanol–water partition coefficient (Wildman–Crippen LogP) is 0.811. The van der Waals surface area contributed by atoms with E-state index >= 15 is 0 Å². The van der Waals surface area contributed by atoms with Gasteiger partial charge in [0, 0.05) is 19.7 Å². The van der Waals surface area contributed by atoms with E-state index in [1.54, 1.807) is 24.0 Å². The van der Waals surface area contributed by atoms with Crippen molar-refractivity contribution >= 4 is 21.9 Å². The molecule has 0 aliphatic rings. The van der Waals surface area contributed by atoms with Gasteiger partial charge in [-0.1, -0.05) is 15.9 Å². The van der Waals surface area contributed by atoms with E-state index in [1.807, 2.05) is 0 Å². The van der Waals surface area contributed by atoms with E-state index < -0.39 is 10.8 Å². The van der Waals surface area contributed by atoms with Crippen molar-refractivity contribution in [2.24, 2.45) is 7.05 Å². The van der Waals surface area contributed by atoms with Crippen LogP contribution < -0.4 is 0 Å². The van der Waals surface area contributed by atoms with Crippen LogP contribution in [0.3, 0.4) is 0 Å². The summed E-state index contributed by atoms with van der Waals surface area (Å²) in [5.41, 5.74) is 0.779. The molecule has 1 aromatic rings. The summed E-state index contributed by atoms with van der Waals surface area (Å²) in [5, 5.41) is 12.6. The lowest BCUT2D eigenvalue weighted by atomic mass is 10.2. The van der Waals surface area contributed by atoms with Crippen LogP contribution in [-0.2, 0) is 18.3 Å². The first-order chi connectivity index (χ1) is 5.59. The molecule has 5 heteroatoms. The van der Waals surface area contributed by atoms with Gasteiger partial charge in [-0.05, 0) is 6.07 Å². The summed E-state index contributed by atoms with van der Waals surface area (Å²) < 4.78 is 1.65. The molecule has 1 heterocycles. The molecule has 0 fully saturated rings. The Bertz CT molecular complexity index is 285. The molecular formula is C7H9BrN2O2. The van der Waals surface area contributed by atoms with Crippen LogP contribution in [0, 0.1) is 0 Å². The lowest BCUT2D eigenvalue weighted by Gasteiger charge is -1.99. The van der Waals surface area contributed by atoms with Gasteiger partial charge in [0.1, 0.15) is 4.83 Å². The molecule has 0 bridgehead atoms. The third-order valence-electron chi connectivity index (χ3n) is 1.43. The molecule has 0 amide bonds. The van der Waals surface area contributed by atoms with E-state index in [1.165, 1.54) is 0 Å². The second-order valence-electron chi connectivity index (χ2n) is 2.49. The van der Waals surface area contributed by atoms with E-state index in [2.05, 4.69) is 21.0 Å². The third-order valence-corrected chi connectivity index (χ3v) is 2.14. The maximum Gasteiger partial charge on any atom is 0.317 e. The number of aliphatic carboxylic acids is 1. The minimum Gasteiger partial charge on any atom is -0.480 e. The second-order valence-corrected chi connectivity index (χ2v) is 3.60. The number of aromatic nitrogens is 2. The second kappa shape index (κ2) is 3.71. The third kappa shape index (κ3) is 2.34. The Morgan fingerprint density at radius 2 is 2.58 bits per heavy atom. The predicted molar refractivity (Wildman–Crippen MR) is 47.3 cm³/mol. The first kappa shape index (κ1) is 9.25. The van der Waals surface area contributed by atoms with E-state index in [4.69, 9.17) is 5.11 Å². The highest BCUT2D eigenvalue weighted by Crippen LogP contribution is 2.07. The van der Waals surface area contributed by atoms with Gasteiger partial charge in [-0.2, -0.15) is 5.10 Å². The highest BCUT2D eigenvalue weighted by atomic mass is 79.9. The summed E-state index contributed by atoms with van der Waals surface area (Å²) in [5.74, 6) is -0.861. The molecule has 0 unspecified atom stereocenters. The molecule has 1 rings (SSSR count). The number of nitrogens with zero attached hydrogens (tertiary/aromatic N) is 2. The normalized spacial score (nSPS) is 12.8. The Labute approximate surface area is 78.3 Å². The molecule has 0 saturated heterocycles. The van der Waals surface area contributed by atoms with Crippen LogP contribution in [0.15, 0.2) is 12.3 Å². The van der Waals surface area contributed by atoms with E-state index in [-0.39, 0.29) is 0 Å². The number of rotatable bonds is 3. The number of alkyl halides is 1. The molecular weight excluding hydrogens is 224 g/mol. The van der Waals surface area contributed by atoms with Crippen molar-refractivity contribution in [2.45, 2.75) is 11.2 Å². The molecule has 4 nitrogen and oxygen atoms in total. The largest absolute Gasteiger partial charge is 0.480 e. The maximum atomic E-state index is 10.4. The molecule has 0 aromatic carbocycles. The lowest BCUT2D eigenvalue weighted by molar-refractivity contribution is -0.136. The van der Waals surface area contributed by atoms with Gasteiger partial charge in [-0.3, -0.25) is 9.48 Å². The maximum absolute atomic E-state index is 10.4. The van der Waals surface area contributed by atoms with Crippen LogP contribution in [0.1, 0.15) is 5.69 Å². The molecule has 0 spiro atoms. The van der Waals surface area contributed by atoms with Gasteiger partial charge in [0.2, 0.25) is 0 Å². The fraction of sp³-hybridized carbons (Fsp3) is 0.429. The van der Waals surface area contributed by atoms with E-state index in [9.17, 15) is 4.79 Å². The average molecular weight is 233 g/mol. The molecule has 0 saturated carbocycles. The van der Waals surface area contributed by atoms with Crippen LogP contribution in [0.2, 0.25) is 0 Å². The Kier molecular flexibility index (Phi) is 2.86. The quantitative estimate of drug-likeness (QED) is 0.786. The van der Waals surface area contributed by atoms with Crippen molar-refractivity contribution in [2.75, 3.05) is 0 Å². The number of aryl methyl sites for hydroxylation is 1. The van der Waals surface area contributed by atoms with Crippen molar-refractivity contribution in [3.63, 3.8) is 0 Å². The van der Waals surface area contributed by atoms with Gasteiger partial charge in [-0.15, -0.1) is 0 Å². The van der Waals surface area contributed by atoms with Crippen LogP contribution >= 0.6 is 15.9 Å². The SMILES string of the molecule is Cn1ccc(C[C@@H](Br)C(=O)O)n1. The minimum absolute atomic E-state index is 0.413. The van der Waals surface area contributed by atoms with Crippen LogP contribution in [0.4, 0.5) is 0 Å². The van der Waals surface area contributed by atoms with Crippen molar-refractivity contribution < 1.29 is 9.90 Å². The van der Waals surface area contributed by atoms with E-state index in [0.29, 0.717) is 6.42 Å². The van der Waals surface area contributed by atoms with Crippen LogP contribution in [-0.4, -0.2) is 25.7 Å². The Balaban J connectivity index is 2.58. The zero-order valence-electron chi connectivity index (χ0n) is 6.57. The number of carbonyl (C=O) groups is 1. The van der Waals surface area contributed by atoms with Gasteiger partial charge < -0.3 is 5.11 Å². The molecule has 1 atom stereocenters. The van der Waals surface area contributed by atoms with E-state index in [0.717, 1.165) is 5.69 Å². The smallest absolute Gasteiger partial charge is 0.317 e. The molecule has 66 valence electrons. The van der Waals surface area contributed by atoms with Gasteiger partial charge in [-0.25, -0.2) is 0 Å². The van der Waals surface area contributed by atoms with Crippen molar-refractivity contribution in [1.82, 2.24) is 9.78 Å². The van der Waals surface area contributed by atoms with Crippen LogP contribution in [0.5, 0.6) is 0 Å². The fourth-order valence-electron chi connectivity index (χ4n) is 0.843. The molecule has 12 heavy (non-hydrogen) atoms. The van der Waals surface area contributed by atoms with Crippen molar-refractivity contribution in [1.29, 1.82) is 0 Å². The summed E-state index contributed by atoms with van der Waals surface area (Å²) in [6, 6.07) is 1.80. The topological polar surface area (TPSA) is 55.1 Å². The highest BCUT2D eigenvalue weighted by molar-refractivity contribution is 9.10. The fourth-order valence-corrected chi connectivity index (χ4v) is 1.17. The molecule has 1 N–H and O–H groups in total. The zero-order valence-corrected chi connectivity index (χ0v) is 8.15. The van der Waals surface area contributed by atoms with Crippen LogP contribution in [0.25, 0.3) is 0 Å². The number of hydrogen-bond donors (Lipinski definition) is 1. The molecule has 1 aromatic heterocycles. The Morgan fingerprint density at radius 1 is 1.92 bits per heavy atom. The molecule has 0 radical (unpaired) electrons.